The molecular formula is C26H20FN3O2S. The molecule has 0 unspecified atom stereocenters. The van der Waals surface area contributed by atoms with E-state index in [9.17, 15) is 9.18 Å². The Morgan fingerprint density at radius 3 is 2.58 bits per heavy atom. The van der Waals surface area contributed by atoms with Gasteiger partial charge in [0.2, 0.25) is 11.8 Å². The lowest BCUT2D eigenvalue weighted by Gasteiger charge is -2.21. The largest absolute Gasteiger partial charge is 0.438 e. The Bertz CT molecular complexity index is 1320. The average molecular weight is 458 g/mol. The summed E-state index contributed by atoms with van der Waals surface area (Å²) in [6.07, 6.45) is 0.627. The molecule has 0 bridgehead atoms. The maximum absolute atomic E-state index is 13.1. The Morgan fingerprint density at radius 1 is 1.03 bits per heavy atom. The van der Waals surface area contributed by atoms with Gasteiger partial charge in [-0.25, -0.2) is 9.37 Å². The van der Waals surface area contributed by atoms with Gasteiger partial charge in [-0.3, -0.25) is 4.79 Å². The van der Waals surface area contributed by atoms with E-state index in [1.807, 2.05) is 55.5 Å². The lowest BCUT2D eigenvalue weighted by molar-refractivity contribution is -0.113. The second-order valence-corrected chi connectivity index (χ2v) is 8.70. The molecule has 2 heterocycles. The number of rotatable bonds is 5. The monoisotopic (exact) mass is 457 g/mol. The quantitative estimate of drug-likeness (QED) is 0.258. The van der Waals surface area contributed by atoms with Crippen molar-refractivity contribution in [1.29, 1.82) is 0 Å². The van der Waals surface area contributed by atoms with Gasteiger partial charge in [0.05, 0.1) is 11.3 Å². The van der Waals surface area contributed by atoms with E-state index in [4.69, 9.17) is 14.7 Å². The van der Waals surface area contributed by atoms with Crippen LogP contribution in [-0.4, -0.2) is 21.6 Å². The van der Waals surface area contributed by atoms with Crippen LogP contribution in [0.25, 0.3) is 11.4 Å². The molecule has 7 heteroatoms. The number of amides is 1. The van der Waals surface area contributed by atoms with Crippen molar-refractivity contribution in [2.24, 2.45) is 0 Å². The molecular weight excluding hydrogens is 437 g/mol. The van der Waals surface area contributed by atoms with E-state index >= 15 is 0 Å². The summed E-state index contributed by atoms with van der Waals surface area (Å²) in [5.41, 5.74) is 4.49. The van der Waals surface area contributed by atoms with Crippen molar-refractivity contribution < 1.29 is 13.9 Å². The molecule has 1 aliphatic heterocycles. The summed E-state index contributed by atoms with van der Waals surface area (Å²) in [5.74, 6) is 1.45. The van der Waals surface area contributed by atoms with Crippen molar-refractivity contribution in [2.45, 2.75) is 18.4 Å². The van der Waals surface area contributed by atoms with Gasteiger partial charge in [0.1, 0.15) is 16.6 Å². The molecule has 33 heavy (non-hydrogen) atoms. The molecule has 1 amide bonds. The van der Waals surface area contributed by atoms with Crippen molar-refractivity contribution in [3.8, 4) is 23.0 Å². The molecule has 5 rings (SSSR count). The van der Waals surface area contributed by atoms with E-state index in [0.29, 0.717) is 28.8 Å². The molecule has 0 saturated carbocycles. The number of fused-ring (bicyclic) bond motifs is 2. The van der Waals surface area contributed by atoms with E-state index in [0.717, 1.165) is 28.0 Å². The van der Waals surface area contributed by atoms with Gasteiger partial charge in [-0.1, -0.05) is 59.8 Å². The summed E-state index contributed by atoms with van der Waals surface area (Å²) in [7, 11) is 0. The second-order valence-electron chi connectivity index (χ2n) is 7.73. The van der Waals surface area contributed by atoms with Crippen molar-refractivity contribution in [1.82, 2.24) is 9.97 Å². The first-order chi connectivity index (χ1) is 16.0. The first-order valence-corrected chi connectivity index (χ1v) is 11.5. The summed E-state index contributed by atoms with van der Waals surface area (Å²) >= 11 is 1.33. The van der Waals surface area contributed by atoms with Crippen LogP contribution in [0.5, 0.6) is 11.6 Å². The normalized spacial score (nSPS) is 11.8. The van der Waals surface area contributed by atoms with Crippen molar-refractivity contribution in [3.63, 3.8) is 0 Å². The molecule has 164 valence electrons. The number of nitrogens with zero attached hydrogens (tertiary/aromatic N) is 2. The van der Waals surface area contributed by atoms with E-state index in [1.165, 1.54) is 36.0 Å². The molecule has 0 radical (unpaired) electrons. The summed E-state index contributed by atoms with van der Waals surface area (Å²) in [4.78, 5) is 22.0. The van der Waals surface area contributed by atoms with Crippen LogP contribution in [0.15, 0.2) is 77.8 Å². The fraction of sp³-hybridized carbons (Fsp3) is 0.115. The molecule has 1 N–H and O–H groups in total. The first kappa shape index (κ1) is 21.2. The number of hydrogen-bond donors (Lipinski definition) is 1. The highest BCUT2D eigenvalue weighted by molar-refractivity contribution is 8.00. The van der Waals surface area contributed by atoms with Crippen molar-refractivity contribution in [3.05, 3.63) is 95.3 Å². The van der Waals surface area contributed by atoms with Crippen LogP contribution in [-0.2, 0) is 11.2 Å². The topological polar surface area (TPSA) is 64.1 Å². The number of carbonyl (C=O) groups is 1. The molecule has 1 aliphatic rings. The smallest absolute Gasteiger partial charge is 0.234 e. The second kappa shape index (κ2) is 9.03. The number of ether oxygens (including phenoxy) is 1. The molecule has 3 aromatic carbocycles. The number of carbonyl (C=O) groups excluding carboxylic acids is 1. The predicted molar refractivity (Wildman–Crippen MR) is 127 cm³/mol. The molecule has 5 nitrogen and oxygen atoms in total. The Morgan fingerprint density at radius 2 is 1.79 bits per heavy atom. The van der Waals surface area contributed by atoms with Crippen LogP contribution >= 0.6 is 11.8 Å². The highest BCUT2D eigenvalue weighted by atomic mass is 32.2. The minimum atomic E-state index is -0.348. The fourth-order valence-corrected chi connectivity index (χ4v) is 4.36. The lowest BCUT2D eigenvalue weighted by Crippen LogP contribution is -2.15. The summed E-state index contributed by atoms with van der Waals surface area (Å²) in [6, 6.07) is 21.5. The number of nitrogens with one attached hydrogen (secondary N) is 1. The number of aromatic nitrogens is 2. The average Bonchev–Trinajstić information content (AvgIpc) is 2.83. The molecule has 0 fully saturated rings. The van der Waals surface area contributed by atoms with Crippen LogP contribution in [0.2, 0.25) is 0 Å². The Hall–Kier alpha value is -3.71. The lowest BCUT2D eigenvalue weighted by atomic mass is 10.0. The molecule has 0 aliphatic carbocycles. The number of aryl methyl sites for hydroxylation is 1. The van der Waals surface area contributed by atoms with E-state index in [1.54, 1.807) is 0 Å². The maximum atomic E-state index is 13.1. The number of anilines is 1. The van der Waals surface area contributed by atoms with Crippen molar-refractivity contribution in [2.75, 3.05) is 11.1 Å². The van der Waals surface area contributed by atoms with Crippen LogP contribution in [0.4, 0.5) is 10.1 Å². The molecule has 0 atom stereocenters. The zero-order valence-corrected chi connectivity index (χ0v) is 18.7. The maximum Gasteiger partial charge on any atom is 0.234 e. The number of para-hydroxylation sites is 1. The zero-order chi connectivity index (χ0) is 22.8. The van der Waals surface area contributed by atoms with Crippen LogP contribution in [0.1, 0.15) is 16.7 Å². The van der Waals surface area contributed by atoms with Gasteiger partial charge in [0.25, 0.3) is 0 Å². The number of thioether (sulfide) groups is 1. The Balaban J connectivity index is 1.43. The summed E-state index contributed by atoms with van der Waals surface area (Å²) in [6.45, 7) is 2.03. The number of benzene rings is 3. The van der Waals surface area contributed by atoms with Gasteiger partial charge < -0.3 is 10.1 Å². The standard InChI is InChI=1S/C26H20FN3O2S/c1-16-6-8-17(9-7-16)24-29-25-21(14-18-4-2-3-5-22(18)32-25)26(30-24)33-15-23(31)28-20-12-10-19(27)11-13-20/h2-13H,14-15H2,1H3,(H,28,31). The van der Waals surface area contributed by atoms with Gasteiger partial charge >= 0.3 is 0 Å². The number of hydrogen-bond acceptors (Lipinski definition) is 5. The SMILES string of the molecule is Cc1ccc(-c2nc3c(c(SCC(=O)Nc4ccc(F)cc4)n2)Cc2ccccc2O3)cc1. The van der Waals surface area contributed by atoms with Crippen molar-refractivity contribution >= 4 is 23.4 Å². The fourth-order valence-electron chi connectivity index (χ4n) is 3.54. The molecule has 4 aromatic rings. The van der Waals surface area contributed by atoms with E-state index < -0.39 is 0 Å². The minimum Gasteiger partial charge on any atom is -0.438 e. The van der Waals surface area contributed by atoms with Gasteiger partial charge in [-0.05, 0) is 42.8 Å². The highest BCUT2D eigenvalue weighted by Gasteiger charge is 2.24. The Kier molecular flexibility index (Phi) is 5.79. The first-order valence-electron chi connectivity index (χ1n) is 10.5. The third-order valence-electron chi connectivity index (χ3n) is 5.26. The third-order valence-corrected chi connectivity index (χ3v) is 6.27. The van der Waals surface area contributed by atoms with E-state index in [-0.39, 0.29) is 17.5 Å². The van der Waals surface area contributed by atoms with Crippen LogP contribution < -0.4 is 10.1 Å². The highest BCUT2D eigenvalue weighted by Crippen LogP contribution is 2.40. The van der Waals surface area contributed by atoms with Crippen LogP contribution in [0.3, 0.4) is 0 Å². The van der Waals surface area contributed by atoms with Crippen LogP contribution in [0, 0.1) is 12.7 Å². The van der Waals surface area contributed by atoms with Gasteiger partial charge in [0.15, 0.2) is 5.82 Å². The van der Waals surface area contributed by atoms with Gasteiger partial charge in [0, 0.05) is 17.7 Å². The van der Waals surface area contributed by atoms with E-state index in [2.05, 4.69) is 5.32 Å². The Labute approximate surface area is 195 Å². The molecule has 0 saturated heterocycles. The predicted octanol–water partition coefficient (Wildman–Crippen LogP) is 6.02. The summed E-state index contributed by atoms with van der Waals surface area (Å²) < 4.78 is 19.2. The van der Waals surface area contributed by atoms with Gasteiger partial charge in [-0.2, -0.15) is 4.98 Å². The zero-order valence-electron chi connectivity index (χ0n) is 17.8. The summed E-state index contributed by atoms with van der Waals surface area (Å²) in [5, 5.41) is 3.49. The third kappa shape index (κ3) is 4.73. The van der Waals surface area contributed by atoms with Gasteiger partial charge in [-0.15, -0.1) is 0 Å². The number of halogens is 1. The minimum absolute atomic E-state index is 0.149. The molecule has 0 spiro atoms. The molecule has 1 aromatic heterocycles.